The third-order valence-electron chi connectivity index (χ3n) is 4.44. The molecule has 0 saturated heterocycles. The van der Waals surface area contributed by atoms with Gasteiger partial charge in [0.25, 0.3) is 0 Å². The van der Waals surface area contributed by atoms with Crippen LogP contribution in [0.4, 0.5) is 26.3 Å². The lowest BCUT2D eigenvalue weighted by molar-refractivity contribution is -0.127. The fourth-order valence-corrected chi connectivity index (χ4v) is 3.26. The number of halogens is 6. The highest BCUT2D eigenvalue weighted by atomic mass is 32.2. The van der Waals surface area contributed by atoms with Gasteiger partial charge < -0.3 is 18.6 Å². The summed E-state index contributed by atoms with van der Waals surface area (Å²) < 4.78 is 92.7. The predicted octanol–water partition coefficient (Wildman–Crippen LogP) is 8.65. The van der Waals surface area contributed by atoms with Crippen molar-refractivity contribution in [2.24, 2.45) is 10.3 Å². The summed E-state index contributed by atoms with van der Waals surface area (Å²) in [5, 5.41) is 6.23. The average Bonchev–Trinajstić information content (AvgIpc) is 2.92. The van der Waals surface area contributed by atoms with Crippen molar-refractivity contribution in [3.05, 3.63) is 59.7 Å². The van der Waals surface area contributed by atoms with Crippen LogP contribution in [-0.4, -0.2) is 50.9 Å². The predicted molar refractivity (Wildman–Crippen MR) is 147 cm³/mol. The highest BCUT2D eigenvalue weighted by Gasteiger charge is 2.38. The fourth-order valence-electron chi connectivity index (χ4n) is 2.66. The topological polar surface area (TPSA) is 61.6 Å². The molecule has 0 aliphatic rings. The van der Waals surface area contributed by atoms with Gasteiger partial charge in [-0.1, -0.05) is 44.5 Å². The molecule has 0 aromatic heterocycles. The molecule has 0 bridgehead atoms. The van der Waals surface area contributed by atoms with Crippen LogP contribution in [-0.2, 0) is 15.5 Å². The number of ether oxygens (including phenoxy) is 2. The number of alkyl halides is 6. The average molecular weight is 599 g/mol. The Morgan fingerprint density at radius 3 is 1.77 bits per heavy atom. The Bertz CT molecular complexity index is 953. The summed E-state index contributed by atoms with van der Waals surface area (Å²) >= 11 is 0.868. The molecule has 2 rings (SSSR count). The highest BCUT2D eigenvalue weighted by Crippen LogP contribution is 2.26. The maximum atomic E-state index is 13.3. The Hall–Kier alpha value is -3.09. The molecule has 226 valence electrons. The lowest BCUT2D eigenvalue weighted by atomic mass is 10.1. The van der Waals surface area contributed by atoms with E-state index in [0.29, 0.717) is 23.7 Å². The van der Waals surface area contributed by atoms with Gasteiger partial charge in [-0.15, -0.1) is 5.16 Å². The molecule has 0 aliphatic carbocycles. The monoisotopic (exact) mass is 598 g/mol. The molecule has 0 N–H and O–H groups in total. The number of rotatable bonds is 14. The Kier molecular flexibility index (Phi) is 19.2. The maximum absolute atomic E-state index is 13.3. The molecule has 0 saturated carbocycles. The zero-order valence-corrected chi connectivity index (χ0v) is 23.8. The molecule has 0 fully saturated rings. The molecule has 0 atom stereocenters. The molecule has 6 nitrogen and oxygen atoms in total. The number of benzene rings is 2. The minimum atomic E-state index is -4.67. The van der Waals surface area contributed by atoms with Crippen LogP contribution in [0.5, 0.6) is 11.5 Å². The minimum absolute atomic E-state index is 0.145. The van der Waals surface area contributed by atoms with Crippen LogP contribution in [0.15, 0.2) is 58.8 Å². The summed E-state index contributed by atoms with van der Waals surface area (Å²) in [6.07, 6.45) is -7.76. The van der Waals surface area contributed by atoms with Crippen molar-refractivity contribution in [2.75, 3.05) is 26.1 Å². The first-order valence-corrected chi connectivity index (χ1v) is 13.4. The standard InChI is InChI=1S/C23H25F6NO3S.C2H5NO.C2H6/c1-2-3-15-34-33-30-21(23(27,28)29)18-7-11-20(12-8-18)32-14-4-13-31-19-9-5-17(6-10-19)16-22(24,25)26;1-3-4-2;1-2/h5-12H,2-4,13-16H2,1H3;1H2,2H3;1-2H3/b30-21-;;. The summed E-state index contributed by atoms with van der Waals surface area (Å²) in [6.45, 7) is 9.47. The second-order valence-electron chi connectivity index (χ2n) is 7.51. The molecule has 13 heteroatoms. The van der Waals surface area contributed by atoms with Crippen molar-refractivity contribution in [1.82, 2.24) is 0 Å². The van der Waals surface area contributed by atoms with Crippen LogP contribution < -0.4 is 9.47 Å². The third kappa shape index (κ3) is 17.5. The van der Waals surface area contributed by atoms with E-state index < -0.39 is 24.5 Å². The van der Waals surface area contributed by atoms with Crippen molar-refractivity contribution >= 4 is 24.5 Å². The second kappa shape index (κ2) is 20.8. The molecule has 0 unspecified atom stereocenters. The number of hydrogen-bond donors (Lipinski definition) is 0. The highest BCUT2D eigenvalue weighted by molar-refractivity contribution is 7.94. The van der Waals surface area contributed by atoms with Crippen molar-refractivity contribution in [2.45, 2.75) is 58.8 Å². The van der Waals surface area contributed by atoms with Gasteiger partial charge in [-0.2, -0.15) is 26.3 Å². The van der Waals surface area contributed by atoms with E-state index >= 15 is 0 Å². The van der Waals surface area contributed by atoms with Gasteiger partial charge in [0.2, 0.25) is 0 Å². The summed E-state index contributed by atoms with van der Waals surface area (Å²) in [5.41, 5.74) is -1.13. The van der Waals surface area contributed by atoms with Crippen LogP contribution in [0.25, 0.3) is 0 Å². The molecule has 0 amide bonds. The Balaban J connectivity index is 0.00000232. The third-order valence-corrected chi connectivity index (χ3v) is 5.08. The summed E-state index contributed by atoms with van der Waals surface area (Å²) in [7, 11) is 1.45. The van der Waals surface area contributed by atoms with Crippen LogP contribution in [0.3, 0.4) is 0 Å². The smallest absolute Gasteiger partial charge is 0.437 e. The van der Waals surface area contributed by atoms with E-state index in [1.807, 2.05) is 20.8 Å². The molecule has 0 heterocycles. The largest absolute Gasteiger partial charge is 0.493 e. The zero-order valence-electron chi connectivity index (χ0n) is 23.0. The minimum Gasteiger partial charge on any atom is -0.493 e. The van der Waals surface area contributed by atoms with E-state index in [9.17, 15) is 26.3 Å². The number of nitrogens with zero attached hydrogens (tertiary/aromatic N) is 2. The van der Waals surface area contributed by atoms with Gasteiger partial charge in [0.1, 0.15) is 18.6 Å². The van der Waals surface area contributed by atoms with Crippen molar-refractivity contribution in [1.29, 1.82) is 0 Å². The summed E-state index contributed by atoms with van der Waals surface area (Å²) in [4.78, 5) is 4.06. The first-order chi connectivity index (χ1) is 19.0. The van der Waals surface area contributed by atoms with Gasteiger partial charge in [-0.25, -0.2) is 0 Å². The van der Waals surface area contributed by atoms with Gasteiger partial charge in [0, 0.05) is 24.5 Å². The Morgan fingerprint density at radius 1 is 0.850 bits per heavy atom. The van der Waals surface area contributed by atoms with Crippen molar-refractivity contribution < 1.29 is 44.9 Å². The van der Waals surface area contributed by atoms with Crippen LogP contribution >= 0.6 is 12.0 Å². The molecule has 40 heavy (non-hydrogen) atoms. The normalized spacial score (nSPS) is 11.3. The van der Waals surface area contributed by atoms with Gasteiger partial charge in [0.05, 0.1) is 31.7 Å². The number of unbranched alkanes of at least 4 members (excludes halogenated alkanes) is 1. The second-order valence-corrected chi connectivity index (χ2v) is 8.30. The van der Waals surface area contributed by atoms with Gasteiger partial charge in [-0.05, 0) is 48.4 Å². The quantitative estimate of drug-likeness (QED) is 0.0716. The van der Waals surface area contributed by atoms with E-state index in [2.05, 4.69) is 21.9 Å². The number of hydrogen-bond acceptors (Lipinski definition) is 7. The summed E-state index contributed by atoms with van der Waals surface area (Å²) in [5.74, 6) is 1.36. The van der Waals surface area contributed by atoms with E-state index in [4.69, 9.17) is 13.8 Å². The lowest BCUT2D eigenvalue weighted by Crippen LogP contribution is -2.24. The summed E-state index contributed by atoms with van der Waals surface area (Å²) in [6, 6.07) is 10.9. The zero-order chi connectivity index (χ0) is 30.4. The first-order valence-electron chi connectivity index (χ1n) is 12.4. The first kappa shape index (κ1) is 36.9. The van der Waals surface area contributed by atoms with Gasteiger partial charge in [-0.3, -0.25) is 0 Å². The molecule has 0 spiro atoms. The fraction of sp³-hybridized carbons (Fsp3) is 0.481. The van der Waals surface area contributed by atoms with E-state index in [1.54, 1.807) is 0 Å². The SMILES string of the molecule is C=NOC.CC.CCCCSO/N=C(/c1ccc(OCCCOc2ccc(CC(F)(F)F)cc2)cc1)C(F)(F)F. The van der Waals surface area contributed by atoms with Crippen molar-refractivity contribution in [3.8, 4) is 11.5 Å². The maximum Gasteiger partial charge on any atom is 0.437 e. The molecular weight excluding hydrogens is 562 g/mol. The molecule has 0 radical (unpaired) electrons. The van der Waals surface area contributed by atoms with E-state index in [-0.39, 0.29) is 24.3 Å². The molecular formula is C27H36F6N2O4S. The lowest BCUT2D eigenvalue weighted by Gasteiger charge is -2.12. The molecule has 0 aliphatic heterocycles. The van der Waals surface area contributed by atoms with E-state index in [1.165, 1.54) is 55.6 Å². The van der Waals surface area contributed by atoms with E-state index in [0.717, 1.165) is 24.9 Å². The van der Waals surface area contributed by atoms with Crippen LogP contribution in [0, 0.1) is 0 Å². The molecule has 2 aromatic rings. The van der Waals surface area contributed by atoms with Gasteiger partial charge in [0.15, 0.2) is 5.71 Å². The Morgan fingerprint density at radius 2 is 1.35 bits per heavy atom. The van der Waals surface area contributed by atoms with Crippen molar-refractivity contribution in [3.63, 3.8) is 0 Å². The molecule has 2 aromatic carbocycles. The Labute approximate surface area is 235 Å². The van der Waals surface area contributed by atoms with Crippen LogP contribution in [0.2, 0.25) is 0 Å². The van der Waals surface area contributed by atoms with Gasteiger partial charge >= 0.3 is 12.4 Å². The number of oxime groups is 2. The van der Waals surface area contributed by atoms with Crippen LogP contribution in [0.1, 0.15) is 51.2 Å².